The van der Waals surface area contributed by atoms with E-state index in [2.05, 4.69) is 13.1 Å². The fourth-order valence-electron chi connectivity index (χ4n) is 8.26. The summed E-state index contributed by atoms with van der Waals surface area (Å²) in [7, 11) is 3.77. The summed E-state index contributed by atoms with van der Waals surface area (Å²) < 4.78 is 94.5. The third kappa shape index (κ3) is 7.25. The molecule has 1 aromatic heterocycles. The SMILES string of the molecule is COC1CCC(CCCO)CC1c1ccc([N+]2(C)CCC2)nc1CN1C(=O)OC(C2CC(C(F)(F)F)CC(C(F)(F)F)C2)C1C. The number of aliphatic hydroxyl groups excluding tert-OH is 1. The number of hydrogen-bond donors (Lipinski definition) is 1. The molecule has 2 aliphatic carbocycles. The van der Waals surface area contributed by atoms with Crippen LogP contribution in [-0.2, 0) is 16.0 Å². The second kappa shape index (κ2) is 13.2. The normalized spacial score (nSPS) is 34.0. The molecule has 1 aromatic rings. The standard InChI is InChI=1S/C32H46F6N3O4/c1-19-29(21-15-22(31(33,34)35)17-23(16-21)32(36,37)38)45-30(43)40(19)18-26-24(8-10-28(39-26)41(2)11-5-12-41)25-14-20(6-4-13-42)7-9-27(25)44-3/h8,10,19-23,25,27,29,42H,4-7,9,11-18H2,1-3H3/q+1. The Kier molecular flexibility index (Phi) is 10.0. The van der Waals surface area contributed by atoms with E-state index in [9.17, 15) is 36.2 Å². The van der Waals surface area contributed by atoms with Crippen molar-refractivity contribution in [2.45, 2.75) is 108 Å². The average molecular weight is 651 g/mol. The summed E-state index contributed by atoms with van der Waals surface area (Å²) in [5, 5.41) is 9.39. The Labute approximate surface area is 260 Å². The first-order chi connectivity index (χ1) is 21.1. The number of hydrogen-bond acceptors (Lipinski definition) is 5. The number of pyridine rings is 1. The maximum atomic E-state index is 13.7. The molecule has 3 heterocycles. The Hall–Kier alpha value is -2.12. The first-order valence-electron chi connectivity index (χ1n) is 16.2. The van der Waals surface area contributed by atoms with Crippen molar-refractivity contribution in [1.29, 1.82) is 0 Å². The number of carbonyl (C=O) groups is 1. The molecule has 254 valence electrons. The van der Waals surface area contributed by atoms with Crippen molar-refractivity contribution in [1.82, 2.24) is 14.4 Å². The number of methoxy groups -OCH3 is 1. The van der Waals surface area contributed by atoms with Crippen molar-refractivity contribution in [3.05, 3.63) is 23.4 Å². The van der Waals surface area contributed by atoms with E-state index in [-0.39, 0.29) is 25.2 Å². The molecule has 5 rings (SSSR count). The molecule has 0 spiro atoms. The lowest BCUT2D eigenvalue weighted by molar-refractivity contribution is -0.232. The van der Waals surface area contributed by atoms with Gasteiger partial charge in [0.1, 0.15) is 6.10 Å². The molecule has 7 nitrogen and oxygen atoms in total. The van der Waals surface area contributed by atoms with Gasteiger partial charge in [0, 0.05) is 32.1 Å². The summed E-state index contributed by atoms with van der Waals surface area (Å²) in [6.45, 7) is 3.65. The smallest absolute Gasteiger partial charge is 0.410 e. The van der Waals surface area contributed by atoms with Gasteiger partial charge in [-0.15, -0.1) is 0 Å². The molecular weight excluding hydrogens is 604 g/mol. The highest BCUT2D eigenvalue weighted by molar-refractivity contribution is 5.70. The molecule has 0 radical (unpaired) electrons. The molecule has 4 fully saturated rings. The third-order valence-corrected chi connectivity index (χ3v) is 11.1. The summed E-state index contributed by atoms with van der Waals surface area (Å²) >= 11 is 0. The molecular formula is C32H46F6N3O4+. The van der Waals surface area contributed by atoms with Crippen LogP contribution >= 0.6 is 0 Å². The summed E-state index contributed by atoms with van der Waals surface area (Å²) in [5.41, 5.74) is 1.59. The van der Waals surface area contributed by atoms with Crippen LogP contribution in [0.5, 0.6) is 0 Å². The number of nitrogens with zero attached hydrogens (tertiary/aromatic N) is 3. The number of aliphatic hydroxyl groups is 1. The Morgan fingerprint density at radius 3 is 2.27 bits per heavy atom. The Morgan fingerprint density at radius 1 is 1.04 bits per heavy atom. The van der Waals surface area contributed by atoms with Crippen LogP contribution in [0.3, 0.4) is 0 Å². The minimum Gasteiger partial charge on any atom is -0.444 e. The summed E-state index contributed by atoms with van der Waals surface area (Å²) in [6.07, 6.45) is -8.19. The first-order valence-corrected chi connectivity index (χ1v) is 16.2. The highest BCUT2D eigenvalue weighted by Gasteiger charge is 2.55. The monoisotopic (exact) mass is 650 g/mol. The van der Waals surface area contributed by atoms with Crippen LogP contribution in [0.4, 0.5) is 37.0 Å². The molecule has 2 saturated carbocycles. The van der Waals surface area contributed by atoms with Gasteiger partial charge >= 0.3 is 18.4 Å². The van der Waals surface area contributed by atoms with Gasteiger partial charge in [0.2, 0.25) is 5.82 Å². The number of alkyl halides is 6. The Morgan fingerprint density at radius 2 is 1.71 bits per heavy atom. The van der Waals surface area contributed by atoms with Crippen LogP contribution in [0.15, 0.2) is 12.1 Å². The highest BCUT2D eigenvalue weighted by atomic mass is 19.4. The van der Waals surface area contributed by atoms with Gasteiger partial charge in [-0.1, -0.05) is 0 Å². The lowest BCUT2D eigenvalue weighted by atomic mass is 9.71. The quantitative estimate of drug-likeness (QED) is 0.231. The van der Waals surface area contributed by atoms with Gasteiger partial charge in [0.15, 0.2) is 0 Å². The van der Waals surface area contributed by atoms with E-state index in [1.54, 1.807) is 14.0 Å². The van der Waals surface area contributed by atoms with Crippen molar-refractivity contribution in [2.24, 2.45) is 23.7 Å². The third-order valence-electron chi connectivity index (χ3n) is 11.1. The van der Waals surface area contributed by atoms with Gasteiger partial charge in [-0.3, -0.25) is 9.38 Å². The van der Waals surface area contributed by atoms with Gasteiger partial charge in [0.05, 0.1) is 56.4 Å². The minimum atomic E-state index is -4.77. The molecule has 1 N–H and O–H groups in total. The van der Waals surface area contributed by atoms with E-state index < -0.39 is 67.6 Å². The van der Waals surface area contributed by atoms with Crippen molar-refractivity contribution < 1.29 is 45.7 Å². The molecule has 7 atom stereocenters. The van der Waals surface area contributed by atoms with Crippen LogP contribution in [0.1, 0.15) is 81.9 Å². The second-order valence-electron chi connectivity index (χ2n) is 14.0. The van der Waals surface area contributed by atoms with Crippen molar-refractivity contribution in [3.8, 4) is 0 Å². The van der Waals surface area contributed by atoms with E-state index in [0.717, 1.165) is 56.6 Å². The lowest BCUT2D eigenvalue weighted by Crippen LogP contribution is -2.56. The largest absolute Gasteiger partial charge is 0.444 e. The van der Waals surface area contributed by atoms with Gasteiger partial charge in [-0.2, -0.15) is 31.3 Å². The molecule has 0 bridgehead atoms. The summed E-state index contributed by atoms with van der Waals surface area (Å²) in [6, 6.07) is 3.34. The Bertz CT molecular complexity index is 1170. The number of amides is 1. The highest BCUT2D eigenvalue weighted by Crippen LogP contribution is 2.50. The number of cyclic esters (lactones) is 1. The van der Waals surface area contributed by atoms with E-state index in [1.165, 1.54) is 4.90 Å². The maximum absolute atomic E-state index is 13.7. The second-order valence-corrected chi connectivity index (χ2v) is 14.0. The molecule has 2 saturated heterocycles. The number of likely N-dealkylation sites (tertiary alicyclic amines) is 1. The van der Waals surface area contributed by atoms with E-state index >= 15 is 0 Å². The number of aromatic nitrogens is 1. The van der Waals surface area contributed by atoms with Crippen molar-refractivity contribution >= 4 is 11.9 Å². The van der Waals surface area contributed by atoms with E-state index in [1.807, 2.05) is 6.07 Å². The van der Waals surface area contributed by atoms with Gasteiger partial charge in [-0.05, 0) is 81.8 Å². The summed E-state index contributed by atoms with van der Waals surface area (Å²) in [4.78, 5) is 19.8. The van der Waals surface area contributed by atoms with Crippen LogP contribution in [0, 0.1) is 23.7 Å². The number of carbonyl (C=O) groups excluding carboxylic acids is 1. The number of halogens is 6. The van der Waals surface area contributed by atoms with Gasteiger partial charge < -0.3 is 14.6 Å². The number of ether oxygens (including phenoxy) is 2. The van der Waals surface area contributed by atoms with Crippen molar-refractivity contribution in [2.75, 3.05) is 33.9 Å². The topological polar surface area (TPSA) is 71.9 Å². The van der Waals surface area contributed by atoms with Gasteiger partial charge in [-0.25, -0.2) is 4.79 Å². The zero-order valence-corrected chi connectivity index (χ0v) is 26.2. The molecule has 0 aromatic carbocycles. The van der Waals surface area contributed by atoms with E-state index in [4.69, 9.17) is 14.5 Å². The number of quaternary nitrogens is 1. The van der Waals surface area contributed by atoms with Crippen molar-refractivity contribution in [3.63, 3.8) is 0 Å². The fraction of sp³-hybridized carbons (Fsp3) is 0.812. The molecule has 7 unspecified atom stereocenters. The molecule has 45 heavy (non-hydrogen) atoms. The molecule has 13 heteroatoms. The predicted molar refractivity (Wildman–Crippen MR) is 155 cm³/mol. The lowest BCUT2D eigenvalue weighted by Gasteiger charge is -2.41. The zero-order valence-electron chi connectivity index (χ0n) is 26.2. The predicted octanol–water partition coefficient (Wildman–Crippen LogP) is 6.96. The van der Waals surface area contributed by atoms with Crippen LogP contribution in [0.2, 0.25) is 0 Å². The van der Waals surface area contributed by atoms with Gasteiger partial charge in [0.25, 0.3) is 0 Å². The zero-order chi connectivity index (χ0) is 32.7. The van der Waals surface area contributed by atoms with Crippen LogP contribution in [-0.4, -0.2) is 85.5 Å². The fourth-order valence-corrected chi connectivity index (χ4v) is 8.26. The molecule has 1 amide bonds. The minimum absolute atomic E-state index is 0.0196. The summed E-state index contributed by atoms with van der Waals surface area (Å²) in [5.74, 6) is -4.07. The Balaban J connectivity index is 1.43. The first kappa shape index (κ1) is 34.2. The molecule has 2 aliphatic heterocycles. The number of rotatable bonds is 9. The van der Waals surface area contributed by atoms with E-state index in [0.29, 0.717) is 22.5 Å². The maximum Gasteiger partial charge on any atom is 0.410 e. The van der Waals surface area contributed by atoms with Crippen LogP contribution in [0.25, 0.3) is 0 Å². The van der Waals surface area contributed by atoms with Crippen LogP contribution < -0.4 is 4.48 Å². The average Bonchev–Trinajstić information content (AvgIpc) is 3.26. The molecule has 4 aliphatic rings.